The lowest BCUT2D eigenvalue weighted by molar-refractivity contribution is -0.193. The van der Waals surface area contributed by atoms with E-state index in [1.54, 1.807) is 10.6 Å². The second-order valence-electron chi connectivity index (χ2n) is 13.5. The van der Waals surface area contributed by atoms with Crippen LogP contribution in [0.2, 0.25) is 10.0 Å². The lowest BCUT2D eigenvalue weighted by Gasteiger charge is -2.14. The summed E-state index contributed by atoms with van der Waals surface area (Å²) in [5.74, 6) is 2.01. The minimum Gasteiger partial charge on any atom is -0.778 e. The van der Waals surface area contributed by atoms with Crippen LogP contribution in [0.1, 0.15) is 64.7 Å². The number of carboxylic acid groups (broad SMARTS) is 1. The molecule has 0 amide bonds. The number of benzene rings is 2. The van der Waals surface area contributed by atoms with Crippen LogP contribution in [-0.4, -0.2) is 94.1 Å². The molecule has 24 heteroatoms. The molecule has 1 aliphatic carbocycles. The molecule has 1 unspecified atom stereocenters. The number of ketones is 1. The Morgan fingerprint density at radius 3 is 2.33 bits per heavy atom. The molecule has 0 saturated heterocycles. The summed E-state index contributed by atoms with van der Waals surface area (Å²) in [7, 11) is -7.75. The van der Waals surface area contributed by atoms with Crippen molar-refractivity contribution >= 4 is 63.3 Å². The minimum atomic E-state index is -4.71. The number of terminal acetylenes is 1. The van der Waals surface area contributed by atoms with Crippen LogP contribution in [0.4, 0.5) is 13.2 Å². The number of carboxylic acids is 1. The van der Waals surface area contributed by atoms with E-state index < -0.39 is 58.7 Å². The number of alkyl halides is 3. The maximum Gasteiger partial charge on any atom is 0.416 e. The summed E-state index contributed by atoms with van der Waals surface area (Å²) in [5, 5.41) is 18.6. The highest BCUT2D eigenvalue weighted by Gasteiger charge is 2.36. The molecule has 2 aromatic heterocycles. The molecule has 60 heavy (non-hydrogen) atoms. The standard InChI is InChI=1S/C15H13Cl2N3O2.C15H12F3NO4S.C3H8NO5P.C3H9S/c1-2-7-22-13-9-12(10(16)8-11(13)17)20-15(21)19-6-4-3-5-14(19)18-20;1-24(21,22)12-6-9(15(16,17)18)4-5-10(12)13(20)11-7-19-23-14(11)8-2-3-8;5-3(6)1-4-2-10(7,8)9;1-4(2)3/h1,8-9H,3-7H2;4-8H,2-3H2,1H3;4H,1-2H2,(H,5,6)(H2,7,8,9);1-3H3/q;;;+1/p-1. The van der Waals surface area contributed by atoms with Gasteiger partial charge in [0.05, 0.1) is 69.5 Å². The molecular weight excluding hydrogens is 901 g/mol. The zero-order valence-corrected chi connectivity index (χ0v) is 36.5. The van der Waals surface area contributed by atoms with Crippen LogP contribution in [0.3, 0.4) is 0 Å². The highest BCUT2D eigenvalue weighted by molar-refractivity contribution is 7.94. The third-order valence-electron chi connectivity index (χ3n) is 7.84. The fourth-order valence-electron chi connectivity index (χ4n) is 5.17. The lowest BCUT2D eigenvalue weighted by atomic mass is 10.0. The van der Waals surface area contributed by atoms with Crippen molar-refractivity contribution in [1.29, 1.82) is 0 Å². The Balaban J connectivity index is 0.000000246. The van der Waals surface area contributed by atoms with Crippen molar-refractivity contribution in [2.75, 3.05) is 44.5 Å². The van der Waals surface area contributed by atoms with Gasteiger partial charge < -0.3 is 28.7 Å². The first-order chi connectivity index (χ1) is 27.8. The van der Waals surface area contributed by atoms with Crippen LogP contribution in [0.5, 0.6) is 5.75 Å². The van der Waals surface area contributed by atoms with Crippen LogP contribution >= 0.6 is 30.8 Å². The Kier molecular flexibility index (Phi) is 18.1. The quantitative estimate of drug-likeness (QED) is 0.0810. The maximum absolute atomic E-state index is 12.8. The van der Waals surface area contributed by atoms with Crippen LogP contribution in [0, 0.1) is 12.3 Å². The van der Waals surface area contributed by atoms with Gasteiger partial charge in [-0.2, -0.15) is 17.9 Å². The third kappa shape index (κ3) is 15.1. The number of hydrogen-bond acceptors (Lipinski definition) is 12. The summed E-state index contributed by atoms with van der Waals surface area (Å²) in [5.41, 5.74) is -1.14. The summed E-state index contributed by atoms with van der Waals surface area (Å²) in [4.78, 5) is 52.2. The normalized spacial score (nSPS) is 14.4. The highest BCUT2D eigenvalue weighted by Crippen LogP contribution is 2.42. The molecule has 4 aromatic rings. The lowest BCUT2D eigenvalue weighted by Crippen LogP contribution is -2.26. The Bertz CT molecular complexity index is 2420. The van der Waals surface area contributed by atoms with Gasteiger partial charge in [-0.25, -0.2) is 13.2 Å². The van der Waals surface area contributed by atoms with Crippen LogP contribution < -0.4 is 20.6 Å². The van der Waals surface area contributed by atoms with E-state index in [2.05, 4.69) is 34.9 Å². The van der Waals surface area contributed by atoms with E-state index in [1.807, 2.05) is 5.32 Å². The van der Waals surface area contributed by atoms with E-state index in [0.29, 0.717) is 56.8 Å². The molecule has 328 valence electrons. The Morgan fingerprint density at radius 1 is 1.15 bits per heavy atom. The number of hydrogen-bond donors (Lipinski definition) is 3. The van der Waals surface area contributed by atoms with Gasteiger partial charge in [-0.05, 0) is 60.8 Å². The van der Waals surface area contributed by atoms with Gasteiger partial charge in [0.2, 0.25) is 0 Å². The number of fused-ring (bicyclic) bond motifs is 1. The number of halogens is 5. The largest absolute Gasteiger partial charge is 0.778 e. The number of carbonyl (C=O) groups excluding carboxylic acids is 1. The minimum absolute atomic E-state index is 0.0441. The van der Waals surface area contributed by atoms with E-state index in [9.17, 15) is 45.4 Å². The predicted molar refractivity (Wildman–Crippen MR) is 217 cm³/mol. The molecule has 3 heterocycles. The molecule has 2 aliphatic rings. The molecule has 3 N–H and O–H groups in total. The van der Waals surface area contributed by atoms with Crippen molar-refractivity contribution in [2.24, 2.45) is 0 Å². The first-order valence-electron chi connectivity index (χ1n) is 17.4. The number of aryl methyl sites for hydroxylation is 1. The second-order valence-corrected chi connectivity index (χ2v) is 20.3. The topological polar surface area (TPSA) is 236 Å². The predicted octanol–water partition coefficient (Wildman–Crippen LogP) is 4.55. The van der Waals surface area contributed by atoms with Crippen molar-refractivity contribution in [1.82, 2.24) is 24.8 Å². The van der Waals surface area contributed by atoms with Gasteiger partial charge in [0.15, 0.2) is 21.4 Å². The Hall–Kier alpha value is -4.13. The average Bonchev–Trinajstić information content (AvgIpc) is 3.77. The average molecular weight is 943 g/mol. The molecular formula is C36H41Cl2F3N5O11PS2. The van der Waals surface area contributed by atoms with E-state index >= 15 is 0 Å². The Morgan fingerprint density at radius 2 is 1.80 bits per heavy atom. The first kappa shape index (κ1) is 50.2. The summed E-state index contributed by atoms with van der Waals surface area (Å²) < 4.78 is 85.6. The fourth-order valence-corrected chi connectivity index (χ4v) is 6.98. The van der Waals surface area contributed by atoms with Gasteiger partial charge in [-0.3, -0.25) is 19.5 Å². The number of aliphatic carboxylic acids is 1. The molecule has 2 aromatic carbocycles. The molecule has 1 aliphatic heterocycles. The summed E-state index contributed by atoms with van der Waals surface area (Å²) in [6.45, 7) is 0.280. The third-order valence-corrected chi connectivity index (χ3v) is 10.2. The molecule has 0 bridgehead atoms. The number of sulfone groups is 1. The van der Waals surface area contributed by atoms with E-state index in [4.69, 9.17) is 48.9 Å². The van der Waals surface area contributed by atoms with Crippen molar-refractivity contribution in [3.63, 3.8) is 0 Å². The highest BCUT2D eigenvalue weighted by atomic mass is 35.5. The van der Waals surface area contributed by atoms with Gasteiger partial charge in [-0.15, -0.1) is 11.5 Å². The first-order valence-corrected chi connectivity index (χ1v) is 24.3. The number of ether oxygens (including phenoxy) is 1. The van der Waals surface area contributed by atoms with Crippen LogP contribution in [0.25, 0.3) is 5.69 Å². The smallest absolute Gasteiger partial charge is 0.416 e. The molecule has 0 radical (unpaired) electrons. The van der Waals surface area contributed by atoms with Crippen molar-refractivity contribution < 1.29 is 59.9 Å². The SMILES string of the molecule is C#CCOc1cc(-n2nc3n(c2=O)CCCC3)c(Cl)cc1Cl.CS(=O)(=O)c1cc(C(F)(F)F)ccc1C(=O)c1cnoc1C1CC1.C[S+](C)C.O=C(O)CNCP(=O)([O-])O. The van der Waals surface area contributed by atoms with Gasteiger partial charge in [0.1, 0.15) is 25.8 Å². The van der Waals surface area contributed by atoms with Crippen molar-refractivity contribution in [3.05, 3.63) is 85.3 Å². The van der Waals surface area contributed by atoms with Gasteiger partial charge >= 0.3 is 17.8 Å². The zero-order chi connectivity index (χ0) is 45.2. The molecule has 1 saturated carbocycles. The molecule has 0 spiro atoms. The monoisotopic (exact) mass is 941 g/mol. The molecule has 1 fully saturated rings. The van der Waals surface area contributed by atoms with Crippen molar-refractivity contribution in [2.45, 2.75) is 55.6 Å². The summed E-state index contributed by atoms with van der Waals surface area (Å²) >= 11 is 12.3. The number of carbonyl (C=O) groups is 2. The molecule has 1 atom stereocenters. The zero-order valence-electron chi connectivity index (χ0n) is 32.5. The van der Waals surface area contributed by atoms with E-state index in [1.165, 1.54) is 16.9 Å². The fraction of sp³-hybridized carbons (Fsp3) is 0.417. The number of nitrogens with zero attached hydrogens (tertiary/aromatic N) is 4. The van der Waals surface area contributed by atoms with Gasteiger partial charge in [0.25, 0.3) is 0 Å². The molecule has 6 rings (SSSR count). The number of rotatable bonds is 11. The van der Waals surface area contributed by atoms with E-state index in [-0.39, 0.29) is 29.3 Å². The summed E-state index contributed by atoms with van der Waals surface area (Å²) in [6.07, 6.45) is 12.7. The number of aromatic nitrogens is 4. The molecule has 16 nitrogen and oxygen atoms in total. The van der Waals surface area contributed by atoms with E-state index in [0.717, 1.165) is 50.3 Å². The second kappa shape index (κ2) is 21.6. The number of nitrogens with one attached hydrogen (secondary N) is 1. The maximum atomic E-state index is 12.8. The van der Waals surface area contributed by atoms with Gasteiger partial charge in [0, 0.05) is 36.8 Å². The summed E-state index contributed by atoms with van der Waals surface area (Å²) in [6, 6.07) is 5.15. The van der Waals surface area contributed by atoms with Crippen LogP contribution in [0.15, 0.2) is 50.7 Å². The Labute approximate surface area is 355 Å². The van der Waals surface area contributed by atoms with Crippen LogP contribution in [-0.2, 0) is 49.2 Å². The van der Waals surface area contributed by atoms with Crippen molar-refractivity contribution in [3.8, 4) is 23.8 Å². The van der Waals surface area contributed by atoms with Gasteiger partial charge in [-0.1, -0.05) is 34.3 Å².